The van der Waals surface area contributed by atoms with E-state index in [2.05, 4.69) is 15.1 Å². The molecule has 3 heterocycles. The van der Waals surface area contributed by atoms with Crippen LogP contribution in [-0.2, 0) is 16.1 Å². The van der Waals surface area contributed by atoms with Gasteiger partial charge in [-0.25, -0.2) is 4.39 Å². The molecule has 2 atom stereocenters. The maximum atomic E-state index is 14.5. The minimum Gasteiger partial charge on any atom is -0.476 e. The number of hydrogen-bond donors (Lipinski definition) is 1. The summed E-state index contributed by atoms with van der Waals surface area (Å²) < 4.78 is 37.4. The number of nitrogens with one attached hydrogen (secondary N) is 1. The van der Waals surface area contributed by atoms with Crippen molar-refractivity contribution in [1.82, 2.24) is 15.1 Å². The molecule has 0 aromatic heterocycles. The largest absolute Gasteiger partial charge is 0.476 e. The number of amides is 1. The number of ether oxygens (including phenoxy) is 4. The number of rotatable bonds is 12. The van der Waals surface area contributed by atoms with E-state index in [1.807, 2.05) is 18.2 Å². The molecule has 1 amide bonds. The second kappa shape index (κ2) is 12.6. The van der Waals surface area contributed by atoms with E-state index in [9.17, 15) is 9.18 Å². The summed E-state index contributed by atoms with van der Waals surface area (Å²) >= 11 is 0. The van der Waals surface area contributed by atoms with Crippen molar-refractivity contribution in [2.75, 3.05) is 52.7 Å². The summed E-state index contributed by atoms with van der Waals surface area (Å²) in [4.78, 5) is 17.8. The van der Waals surface area contributed by atoms with E-state index in [-0.39, 0.29) is 31.1 Å². The predicted molar refractivity (Wildman–Crippen MR) is 136 cm³/mol. The summed E-state index contributed by atoms with van der Waals surface area (Å²) in [6.45, 7) is 5.92. The van der Waals surface area contributed by atoms with Crippen molar-refractivity contribution in [3.05, 3.63) is 53.8 Å². The highest BCUT2D eigenvalue weighted by Gasteiger charge is 2.28. The third kappa shape index (κ3) is 7.12. The fraction of sp³-hybridized carbons (Fsp3) is 0.536. The molecule has 200 valence electrons. The Labute approximate surface area is 217 Å². The Morgan fingerprint density at radius 1 is 1.14 bits per heavy atom. The number of benzene rings is 2. The summed E-state index contributed by atoms with van der Waals surface area (Å²) in [7, 11) is 0. The molecular formula is C28H36FN3O5. The standard InChI is InChI=1S/C28H36FN3O5/c29-23-7-1-2-8-24(23)37-27(28(33)30-11-14-31-12-3-4-13-31)19-32(18-22-6-5-15-34-22)17-21-9-10-25-26(16-21)36-20-35-25/h1-2,7-10,16,22,27H,3-6,11-15,17-20H2,(H,30,33)/t22-,27+/m1/s1. The van der Waals surface area contributed by atoms with E-state index in [0.717, 1.165) is 50.4 Å². The summed E-state index contributed by atoms with van der Waals surface area (Å²) in [6.07, 6.45) is 3.59. The van der Waals surface area contributed by atoms with Gasteiger partial charge in [-0.2, -0.15) is 0 Å². The van der Waals surface area contributed by atoms with E-state index in [4.69, 9.17) is 18.9 Å². The van der Waals surface area contributed by atoms with Gasteiger partial charge in [0.15, 0.2) is 29.2 Å². The van der Waals surface area contributed by atoms with Crippen LogP contribution in [0.4, 0.5) is 4.39 Å². The molecule has 0 bridgehead atoms. The Hall–Kier alpha value is -2.88. The Morgan fingerprint density at radius 3 is 2.78 bits per heavy atom. The van der Waals surface area contributed by atoms with Crippen molar-refractivity contribution in [1.29, 1.82) is 0 Å². The summed E-state index contributed by atoms with van der Waals surface area (Å²) in [5.41, 5.74) is 1.03. The monoisotopic (exact) mass is 513 g/mol. The summed E-state index contributed by atoms with van der Waals surface area (Å²) in [5.74, 6) is 0.785. The molecule has 1 N–H and O–H groups in total. The zero-order chi connectivity index (χ0) is 25.5. The second-order valence-corrected chi connectivity index (χ2v) is 9.89. The quantitative estimate of drug-likeness (QED) is 0.467. The van der Waals surface area contributed by atoms with Gasteiger partial charge < -0.3 is 29.2 Å². The van der Waals surface area contributed by atoms with Gasteiger partial charge in [0.25, 0.3) is 5.91 Å². The minimum absolute atomic E-state index is 0.0716. The normalized spacial score (nSPS) is 19.9. The van der Waals surface area contributed by atoms with Crippen LogP contribution in [0.3, 0.4) is 0 Å². The molecule has 0 saturated carbocycles. The van der Waals surface area contributed by atoms with Crippen molar-refractivity contribution < 1.29 is 28.1 Å². The number of halogens is 1. The van der Waals surface area contributed by atoms with Gasteiger partial charge in [0.1, 0.15) is 0 Å². The predicted octanol–water partition coefficient (Wildman–Crippen LogP) is 3.20. The number of nitrogens with zero attached hydrogens (tertiary/aromatic N) is 2. The van der Waals surface area contributed by atoms with Crippen molar-refractivity contribution in [3.63, 3.8) is 0 Å². The van der Waals surface area contributed by atoms with Gasteiger partial charge in [-0.1, -0.05) is 18.2 Å². The van der Waals surface area contributed by atoms with Crippen LogP contribution >= 0.6 is 0 Å². The smallest absolute Gasteiger partial charge is 0.262 e. The van der Waals surface area contributed by atoms with E-state index < -0.39 is 11.9 Å². The molecule has 2 fully saturated rings. The minimum atomic E-state index is -0.883. The first-order chi connectivity index (χ1) is 18.1. The lowest BCUT2D eigenvalue weighted by atomic mass is 10.1. The highest BCUT2D eigenvalue weighted by molar-refractivity contribution is 5.81. The van der Waals surface area contributed by atoms with Gasteiger partial charge in [-0.15, -0.1) is 0 Å². The van der Waals surface area contributed by atoms with Crippen LogP contribution < -0.4 is 19.5 Å². The van der Waals surface area contributed by atoms with Crippen LogP contribution in [0.2, 0.25) is 0 Å². The van der Waals surface area contributed by atoms with Crippen molar-refractivity contribution in [2.24, 2.45) is 0 Å². The highest BCUT2D eigenvalue weighted by Crippen LogP contribution is 2.33. The topological polar surface area (TPSA) is 72.5 Å². The molecule has 0 aliphatic carbocycles. The first-order valence-corrected chi connectivity index (χ1v) is 13.3. The van der Waals surface area contributed by atoms with Gasteiger partial charge in [0.05, 0.1) is 6.10 Å². The highest BCUT2D eigenvalue weighted by atomic mass is 19.1. The lowest BCUT2D eigenvalue weighted by Crippen LogP contribution is -2.48. The molecule has 5 rings (SSSR count). The average Bonchev–Trinajstić information content (AvgIpc) is 3.68. The second-order valence-electron chi connectivity index (χ2n) is 9.89. The Balaban J connectivity index is 1.30. The molecule has 37 heavy (non-hydrogen) atoms. The molecular weight excluding hydrogens is 477 g/mol. The number of fused-ring (bicyclic) bond motifs is 1. The first-order valence-electron chi connectivity index (χ1n) is 13.3. The fourth-order valence-electron chi connectivity index (χ4n) is 5.14. The van der Waals surface area contributed by atoms with Crippen LogP contribution in [0.5, 0.6) is 17.2 Å². The van der Waals surface area contributed by atoms with Crippen LogP contribution in [-0.4, -0.2) is 80.6 Å². The van der Waals surface area contributed by atoms with Gasteiger partial charge in [-0.05, 0) is 68.6 Å². The van der Waals surface area contributed by atoms with E-state index >= 15 is 0 Å². The molecule has 0 spiro atoms. The van der Waals surface area contributed by atoms with Crippen LogP contribution in [0, 0.1) is 5.82 Å². The van der Waals surface area contributed by atoms with Gasteiger partial charge in [0.2, 0.25) is 6.79 Å². The Kier molecular flexibility index (Phi) is 8.76. The van der Waals surface area contributed by atoms with E-state index in [0.29, 0.717) is 25.4 Å². The third-order valence-corrected chi connectivity index (χ3v) is 7.08. The SMILES string of the molecule is O=C(NCCN1CCCC1)[C@H](CN(Cc1ccc2c(c1)OCO2)C[C@H]1CCCO1)Oc1ccccc1F. The van der Waals surface area contributed by atoms with Crippen molar-refractivity contribution in [3.8, 4) is 17.2 Å². The molecule has 2 aromatic carbocycles. The molecule has 3 aliphatic rings. The number of carbonyl (C=O) groups is 1. The van der Waals surface area contributed by atoms with E-state index in [1.54, 1.807) is 18.2 Å². The Bertz CT molecular complexity index is 1040. The zero-order valence-electron chi connectivity index (χ0n) is 21.2. The lowest BCUT2D eigenvalue weighted by Gasteiger charge is -2.29. The average molecular weight is 514 g/mol. The summed E-state index contributed by atoms with van der Waals surface area (Å²) in [5, 5.41) is 3.02. The maximum absolute atomic E-state index is 14.5. The van der Waals surface area contributed by atoms with Crippen molar-refractivity contribution >= 4 is 5.91 Å². The molecule has 8 nitrogen and oxygen atoms in total. The number of hydrogen-bond acceptors (Lipinski definition) is 7. The van der Waals surface area contributed by atoms with E-state index in [1.165, 1.54) is 18.9 Å². The maximum Gasteiger partial charge on any atom is 0.262 e. The molecule has 2 aromatic rings. The molecule has 9 heteroatoms. The van der Waals surface area contributed by atoms with Gasteiger partial charge >= 0.3 is 0 Å². The molecule has 0 unspecified atom stereocenters. The number of likely N-dealkylation sites (tertiary alicyclic amines) is 1. The van der Waals surface area contributed by atoms with Crippen molar-refractivity contribution in [2.45, 2.75) is 44.4 Å². The fourth-order valence-corrected chi connectivity index (χ4v) is 5.14. The van der Waals surface area contributed by atoms with Gasteiger partial charge in [0, 0.05) is 39.3 Å². The zero-order valence-corrected chi connectivity index (χ0v) is 21.2. The van der Waals surface area contributed by atoms with Crippen LogP contribution in [0.15, 0.2) is 42.5 Å². The number of carbonyl (C=O) groups excluding carboxylic acids is 1. The van der Waals surface area contributed by atoms with Crippen LogP contribution in [0.1, 0.15) is 31.2 Å². The Morgan fingerprint density at radius 2 is 1.97 bits per heavy atom. The number of para-hydroxylation sites is 1. The lowest BCUT2D eigenvalue weighted by molar-refractivity contribution is -0.129. The third-order valence-electron chi connectivity index (χ3n) is 7.08. The van der Waals surface area contributed by atoms with Crippen LogP contribution in [0.25, 0.3) is 0 Å². The first kappa shape index (κ1) is 25.8. The molecule has 0 radical (unpaired) electrons. The van der Waals surface area contributed by atoms with Gasteiger partial charge in [-0.3, -0.25) is 9.69 Å². The molecule has 3 aliphatic heterocycles. The summed E-state index contributed by atoms with van der Waals surface area (Å²) in [6, 6.07) is 12.1. The molecule has 2 saturated heterocycles.